The molecule has 0 fully saturated rings. The quantitative estimate of drug-likeness (QED) is 0.808. The molecule has 0 spiro atoms. The average molecular weight is 285 g/mol. The standard InChI is InChI=1S/C14H21ClN2O2/c1-3-5-6-11(16)14(18)17-12-9-10(15)7-8-13(12)19-4-2/h7-9,11H,3-6,16H2,1-2H3,(H,17,18)/t11-/m0/s1. The van der Waals surface area contributed by atoms with E-state index in [1.54, 1.807) is 18.2 Å². The topological polar surface area (TPSA) is 64.4 Å². The fraction of sp³-hybridized carbons (Fsp3) is 0.500. The Hall–Kier alpha value is -1.26. The van der Waals surface area contributed by atoms with Crippen LogP contribution in [0.5, 0.6) is 5.75 Å². The van der Waals surface area contributed by atoms with Gasteiger partial charge in [-0.3, -0.25) is 4.79 Å². The molecule has 1 rings (SSSR count). The molecule has 1 atom stereocenters. The van der Waals surface area contributed by atoms with Gasteiger partial charge in [0.1, 0.15) is 5.75 Å². The minimum Gasteiger partial charge on any atom is -0.492 e. The van der Waals surface area contributed by atoms with E-state index in [4.69, 9.17) is 22.1 Å². The van der Waals surface area contributed by atoms with Crippen LogP contribution in [0.1, 0.15) is 33.1 Å². The number of nitrogens with two attached hydrogens (primary N) is 1. The Bertz CT molecular complexity index is 424. The molecule has 4 nitrogen and oxygen atoms in total. The number of rotatable bonds is 7. The van der Waals surface area contributed by atoms with E-state index in [9.17, 15) is 4.79 Å². The Balaban J connectivity index is 2.74. The lowest BCUT2D eigenvalue weighted by Gasteiger charge is -2.15. The van der Waals surface area contributed by atoms with Crippen LogP contribution in [0.4, 0.5) is 5.69 Å². The summed E-state index contributed by atoms with van der Waals surface area (Å²) in [5.41, 5.74) is 6.39. The van der Waals surface area contributed by atoms with Gasteiger partial charge in [-0.2, -0.15) is 0 Å². The van der Waals surface area contributed by atoms with E-state index < -0.39 is 6.04 Å². The Morgan fingerprint density at radius 1 is 1.47 bits per heavy atom. The van der Waals surface area contributed by atoms with E-state index in [1.807, 2.05) is 6.92 Å². The van der Waals surface area contributed by atoms with Crippen molar-refractivity contribution in [3.05, 3.63) is 23.2 Å². The van der Waals surface area contributed by atoms with Crippen molar-refractivity contribution in [2.24, 2.45) is 5.73 Å². The highest BCUT2D eigenvalue weighted by Gasteiger charge is 2.15. The number of carbonyl (C=O) groups excluding carboxylic acids is 1. The van der Waals surface area contributed by atoms with Gasteiger partial charge in [-0.15, -0.1) is 0 Å². The molecular formula is C14H21ClN2O2. The van der Waals surface area contributed by atoms with Crippen LogP contribution in [0.2, 0.25) is 5.02 Å². The van der Waals surface area contributed by atoms with Gasteiger partial charge in [0.2, 0.25) is 5.91 Å². The number of halogens is 1. The van der Waals surface area contributed by atoms with Crippen molar-refractivity contribution in [3.8, 4) is 5.75 Å². The highest BCUT2D eigenvalue weighted by molar-refractivity contribution is 6.31. The van der Waals surface area contributed by atoms with Gasteiger partial charge in [0, 0.05) is 5.02 Å². The molecule has 106 valence electrons. The summed E-state index contributed by atoms with van der Waals surface area (Å²) in [5.74, 6) is 0.389. The molecule has 1 aromatic rings. The van der Waals surface area contributed by atoms with Crippen LogP contribution in [0, 0.1) is 0 Å². The zero-order chi connectivity index (χ0) is 14.3. The molecule has 5 heteroatoms. The van der Waals surface area contributed by atoms with Gasteiger partial charge >= 0.3 is 0 Å². The largest absolute Gasteiger partial charge is 0.492 e. The third-order valence-corrected chi connectivity index (χ3v) is 2.94. The number of ether oxygens (including phenoxy) is 1. The lowest BCUT2D eigenvalue weighted by molar-refractivity contribution is -0.117. The summed E-state index contributed by atoms with van der Waals surface area (Å²) in [6.07, 6.45) is 2.62. The van der Waals surface area contributed by atoms with E-state index in [-0.39, 0.29) is 5.91 Å². The number of benzene rings is 1. The van der Waals surface area contributed by atoms with E-state index in [0.717, 1.165) is 12.8 Å². The lowest BCUT2D eigenvalue weighted by Crippen LogP contribution is -2.35. The highest BCUT2D eigenvalue weighted by Crippen LogP contribution is 2.28. The monoisotopic (exact) mass is 284 g/mol. The molecule has 0 unspecified atom stereocenters. The summed E-state index contributed by atoms with van der Waals surface area (Å²) in [6.45, 7) is 4.47. The minimum absolute atomic E-state index is 0.211. The Kier molecular flexibility index (Phi) is 6.67. The van der Waals surface area contributed by atoms with Gasteiger partial charge in [0.15, 0.2) is 0 Å². The maximum atomic E-state index is 12.0. The van der Waals surface area contributed by atoms with Crippen LogP contribution in [0.25, 0.3) is 0 Å². The first-order valence-corrected chi connectivity index (χ1v) is 6.95. The highest BCUT2D eigenvalue weighted by atomic mass is 35.5. The first kappa shape index (κ1) is 15.8. The first-order chi connectivity index (χ1) is 9.08. The fourth-order valence-electron chi connectivity index (χ4n) is 1.66. The maximum Gasteiger partial charge on any atom is 0.241 e. The van der Waals surface area contributed by atoms with Crippen LogP contribution in [-0.2, 0) is 4.79 Å². The lowest BCUT2D eigenvalue weighted by atomic mass is 10.1. The SMILES string of the molecule is CCCC[C@H](N)C(=O)Nc1cc(Cl)ccc1OCC. The number of anilines is 1. The molecule has 1 aromatic carbocycles. The van der Waals surface area contributed by atoms with E-state index in [2.05, 4.69) is 12.2 Å². The number of unbranched alkanes of at least 4 members (excludes halogenated alkanes) is 1. The van der Waals surface area contributed by atoms with E-state index in [1.165, 1.54) is 0 Å². The van der Waals surface area contributed by atoms with E-state index >= 15 is 0 Å². The van der Waals surface area contributed by atoms with Crippen molar-refractivity contribution in [2.45, 2.75) is 39.2 Å². The van der Waals surface area contributed by atoms with Gasteiger partial charge in [-0.1, -0.05) is 31.4 Å². The molecule has 0 aliphatic heterocycles. The molecule has 0 saturated carbocycles. The molecule has 3 N–H and O–H groups in total. The molecule has 0 heterocycles. The molecule has 0 saturated heterocycles. The first-order valence-electron chi connectivity index (χ1n) is 6.57. The van der Waals surface area contributed by atoms with E-state index in [0.29, 0.717) is 29.5 Å². The van der Waals surface area contributed by atoms with Crippen LogP contribution in [-0.4, -0.2) is 18.6 Å². The molecule has 0 aromatic heterocycles. The smallest absolute Gasteiger partial charge is 0.241 e. The van der Waals surface area contributed by atoms with Crippen LogP contribution in [0.15, 0.2) is 18.2 Å². The van der Waals surface area contributed by atoms with Gasteiger partial charge in [0.05, 0.1) is 18.3 Å². The van der Waals surface area contributed by atoms with Gasteiger partial charge < -0.3 is 15.8 Å². The number of nitrogens with one attached hydrogen (secondary N) is 1. The van der Waals surface area contributed by atoms with Crippen molar-refractivity contribution in [1.29, 1.82) is 0 Å². The van der Waals surface area contributed by atoms with Gasteiger partial charge in [-0.05, 0) is 31.5 Å². The number of hydrogen-bond donors (Lipinski definition) is 2. The fourth-order valence-corrected chi connectivity index (χ4v) is 1.83. The second-order valence-corrected chi connectivity index (χ2v) is 4.75. The van der Waals surface area contributed by atoms with Crippen LogP contribution in [0.3, 0.4) is 0 Å². The Morgan fingerprint density at radius 3 is 2.84 bits per heavy atom. The predicted octanol–water partition coefficient (Wildman–Crippen LogP) is 3.19. The third-order valence-electron chi connectivity index (χ3n) is 2.70. The van der Waals surface area contributed by atoms with Gasteiger partial charge in [0.25, 0.3) is 0 Å². The van der Waals surface area contributed by atoms with Crippen molar-refractivity contribution in [2.75, 3.05) is 11.9 Å². The second kappa shape index (κ2) is 8.02. The normalized spacial score (nSPS) is 12.0. The van der Waals surface area contributed by atoms with Crippen molar-refractivity contribution >= 4 is 23.2 Å². The summed E-state index contributed by atoms with van der Waals surface area (Å²) >= 11 is 5.93. The molecule has 0 aliphatic carbocycles. The number of hydrogen-bond acceptors (Lipinski definition) is 3. The maximum absolute atomic E-state index is 12.0. The van der Waals surface area contributed by atoms with Crippen molar-refractivity contribution < 1.29 is 9.53 Å². The van der Waals surface area contributed by atoms with Crippen LogP contribution >= 0.6 is 11.6 Å². The zero-order valence-corrected chi connectivity index (χ0v) is 12.2. The molecule has 0 radical (unpaired) electrons. The van der Waals surface area contributed by atoms with Crippen molar-refractivity contribution in [1.82, 2.24) is 0 Å². The molecule has 19 heavy (non-hydrogen) atoms. The molecule has 0 bridgehead atoms. The Labute approximate surface area is 119 Å². The zero-order valence-electron chi connectivity index (χ0n) is 11.4. The van der Waals surface area contributed by atoms with Gasteiger partial charge in [-0.25, -0.2) is 0 Å². The number of amides is 1. The molecule has 1 amide bonds. The summed E-state index contributed by atoms with van der Waals surface area (Å²) in [7, 11) is 0. The summed E-state index contributed by atoms with van der Waals surface area (Å²) in [4.78, 5) is 12.0. The number of carbonyl (C=O) groups is 1. The predicted molar refractivity (Wildman–Crippen MR) is 78.8 cm³/mol. The summed E-state index contributed by atoms with van der Waals surface area (Å²) in [6, 6.07) is 4.61. The molecular weight excluding hydrogens is 264 g/mol. The molecule has 0 aliphatic rings. The second-order valence-electron chi connectivity index (χ2n) is 4.31. The average Bonchev–Trinajstić information content (AvgIpc) is 2.39. The summed E-state index contributed by atoms with van der Waals surface area (Å²) in [5, 5.41) is 3.31. The minimum atomic E-state index is -0.506. The van der Waals surface area contributed by atoms with Crippen molar-refractivity contribution in [3.63, 3.8) is 0 Å². The third kappa shape index (κ3) is 5.09. The van der Waals surface area contributed by atoms with Crippen LogP contribution < -0.4 is 15.8 Å². The Morgan fingerprint density at radius 2 is 2.21 bits per heavy atom. The summed E-state index contributed by atoms with van der Waals surface area (Å²) < 4.78 is 5.44.